The van der Waals surface area contributed by atoms with Crippen molar-refractivity contribution in [2.45, 2.75) is 38.7 Å². The minimum absolute atomic E-state index is 0. The minimum Gasteiger partial charge on any atom is -0.377 e. The Kier molecular flexibility index (Phi) is 9.56. The summed E-state index contributed by atoms with van der Waals surface area (Å²) in [6.45, 7) is 9.28. The topological polar surface area (TPSA) is 44.8 Å². The first-order valence-electron chi connectivity index (χ1n) is 10.1. The average Bonchev–Trinajstić information content (AvgIpc) is 3.19. The number of carbonyl (C=O) groups is 1. The number of carbonyl (C=O) groups excluding carboxylic acids is 1. The van der Waals surface area contributed by atoms with Crippen LogP contribution in [0.3, 0.4) is 0 Å². The van der Waals surface area contributed by atoms with Crippen molar-refractivity contribution in [1.82, 2.24) is 15.1 Å². The number of nitrogens with zero attached hydrogens (tertiary/aromatic N) is 2. The van der Waals surface area contributed by atoms with Crippen LogP contribution in [0.1, 0.15) is 30.4 Å². The number of halogens is 1. The quantitative estimate of drug-likeness (QED) is 0.733. The first-order chi connectivity index (χ1) is 12.7. The highest BCUT2D eigenvalue weighted by Gasteiger charge is 2.21. The monoisotopic (exact) mass is 395 g/mol. The summed E-state index contributed by atoms with van der Waals surface area (Å²) in [5.74, 6) is 0.291. The molecule has 3 rings (SSSR count). The molecule has 2 aliphatic rings. The molecule has 152 valence electrons. The van der Waals surface area contributed by atoms with Crippen LogP contribution in [-0.2, 0) is 16.0 Å². The van der Waals surface area contributed by atoms with Crippen molar-refractivity contribution in [1.29, 1.82) is 0 Å². The molecule has 2 saturated heterocycles. The average molecular weight is 396 g/mol. The van der Waals surface area contributed by atoms with E-state index < -0.39 is 0 Å². The Bertz CT molecular complexity index is 555. The summed E-state index contributed by atoms with van der Waals surface area (Å²) in [4.78, 5) is 16.9. The molecule has 0 bridgehead atoms. The summed E-state index contributed by atoms with van der Waals surface area (Å²) >= 11 is 0. The van der Waals surface area contributed by atoms with Crippen molar-refractivity contribution >= 4 is 18.3 Å². The van der Waals surface area contributed by atoms with Crippen LogP contribution in [0.4, 0.5) is 0 Å². The molecule has 27 heavy (non-hydrogen) atoms. The van der Waals surface area contributed by atoms with Crippen molar-refractivity contribution in [3.8, 4) is 0 Å². The molecule has 2 aliphatic heterocycles. The van der Waals surface area contributed by atoms with E-state index in [9.17, 15) is 4.79 Å². The van der Waals surface area contributed by atoms with E-state index in [-0.39, 0.29) is 12.4 Å². The minimum atomic E-state index is 0. The Hall–Kier alpha value is -1.14. The van der Waals surface area contributed by atoms with Crippen LogP contribution < -0.4 is 5.32 Å². The molecule has 1 atom stereocenters. The summed E-state index contributed by atoms with van der Waals surface area (Å²) in [5.41, 5.74) is 2.66. The van der Waals surface area contributed by atoms with Crippen LogP contribution in [0.15, 0.2) is 24.3 Å². The second-order valence-electron chi connectivity index (χ2n) is 7.55. The lowest BCUT2D eigenvalue weighted by molar-refractivity contribution is -0.132. The molecule has 0 aromatic heterocycles. The van der Waals surface area contributed by atoms with Gasteiger partial charge in [-0.1, -0.05) is 29.8 Å². The number of hydrogen-bond acceptors (Lipinski definition) is 4. The largest absolute Gasteiger partial charge is 0.377 e. The van der Waals surface area contributed by atoms with E-state index in [0.717, 1.165) is 71.7 Å². The molecule has 5 nitrogen and oxygen atoms in total. The number of rotatable bonds is 8. The van der Waals surface area contributed by atoms with Gasteiger partial charge in [-0.2, -0.15) is 0 Å². The van der Waals surface area contributed by atoms with Gasteiger partial charge in [0, 0.05) is 58.8 Å². The van der Waals surface area contributed by atoms with Gasteiger partial charge in [0.15, 0.2) is 0 Å². The number of piperazine rings is 1. The van der Waals surface area contributed by atoms with Crippen molar-refractivity contribution in [3.63, 3.8) is 0 Å². The summed E-state index contributed by atoms with van der Waals surface area (Å²) in [6, 6.07) is 8.78. The Balaban J connectivity index is 0.00000261. The molecule has 0 aliphatic carbocycles. The summed E-state index contributed by atoms with van der Waals surface area (Å²) in [7, 11) is 0. The van der Waals surface area contributed by atoms with E-state index in [0.29, 0.717) is 18.4 Å². The van der Waals surface area contributed by atoms with Gasteiger partial charge < -0.3 is 15.0 Å². The van der Waals surface area contributed by atoms with Crippen LogP contribution in [0, 0.1) is 6.92 Å². The third kappa shape index (κ3) is 7.41. The lowest BCUT2D eigenvalue weighted by atomic mass is 10.1. The Morgan fingerprint density at radius 1 is 1.22 bits per heavy atom. The zero-order valence-electron chi connectivity index (χ0n) is 16.5. The highest BCUT2D eigenvalue weighted by atomic mass is 35.5. The van der Waals surface area contributed by atoms with Crippen LogP contribution in [0.25, 0.3) is 0 Å². The number of aryl methyl sites for hydroxylation is 1. The molecule has 0 radical (unpaired) electrons. The molecular formula is C21H34ClN3O2. The van der Waals surface area contributed by atoms with E-state index in [4.69, 9.17) is 4.74 Å². The maximum Gasteiger partial charge on any atom is 0.223 e. The van der Waals surface area contributed by atoms with E-state index in [1.807, 2.05) is 4.90 Å². The molecule has 6 heteroatoms. The zero-order valence-corrected chi connectivity index (χ0v) is 17.3. The molecule has 1 amide bonds. The zero-order chi connectivity index (χ0) is 18.2. The molecule has 1 N–H and O–H groups in total. The lowest BCUT2D eigenvalue weighted by Crippen LogP contribution is -2.47. The predicted octanol–water partition coefficient (Wildman–Crippen LogP) is 2.26. The standard InChI is InChI=1S/C21H33N3O2.ClH/c1-18-4-6-19(7-5-18)8-12-23(17-20-3-2-16-26-20)13-9-21(25)24-14-10-22-11-15-24;/h4-7,20,22H,2-3,8-17H2,1H3;1H. The lowest BCUT2D eigenvalue weighted by Gasteiger charge is -2.29. The molecular weight excluding hydrogens is 362 g/mol. The highest BCUT2D eigenvalue weighted by Crippen LogP contribution is 2.14. The number of hydrogen-bond donors (Lipinski definition) is 1. The van der Waals surface area contributed by atoms with Gasteiger partial charge in [-0.15, -0.1) is 12.4 Å². The molecule has 1 aromatic rings. The van der Waals surface area contributed by atoms with Gasteiger partial charge in [0.25, 0.3) is 0 Å². The molecule has 0 saturated carbocycles. The fraction of sp³-hybridized carbons (Fsp3) is 0.667. The molecule has 1 aromatic carbocycles. The first-order valence-corrected chi connectivity index (χ1v) is 10.1. The Labute approximate surface area is 169 Å². The maximum absolute atomic E-state index is 12.5. The van der Waals surface area contributed by atoms with E-state index in [1.54, 1.807) is 0 Å². The SMILES string of the molecule is Cc1ccc(CCN(CCC(=O)N2CCNCC2)CC2CCCO2)cc1.Cl. The summed E-state index contributed by atoms with van der Waals surface area (Å²) in [6.07, 6.45) is 4.28. The number of amides is 1. The van der Waals surface area contributed by atoms with Gasteiger partial charge in [-0.25, -0.2) is 0 Å². The second-order valence-corrected chi connectivity index (χ2v) is 7.55. The fourth-order valence-electron chi connectivity index (χ4n) is 3.74. The third-order valence-electron chi connectivity index (χ3n) is 5.43. The van der Waals surface area contributed by atoms with Crippen LogP contribution in [0.5, 0.6) is 0 Å². The molecule has 2 heterocycles. The van der Waals surface area contributed by atoms with Gasteiger partial charge >= 0.3 is 0 Å². The van der Waals surface area contributed by atoms with Crippen molar-refractivity contribution < 1.29 is 9.53 Å². The van der Waals surface area contributed by atoms with Crippen molar-refractivity contribution in [2.75, 3.05) is 52.4 Å². The van der Waals surface area contributed by atoms with Crippen molar-refractivity contribution in [3.05, 3.63) is 35.4 Å². The van der Waals surface area contributed by atoms with Crippen molar-refractivity contribution in [2.24, 2.45) is 0 Å². The molecule has 0 spiro atoms. The Morgan fingerprint density at radius 3 is 2.63 bits per heavy atom. The second kappa shape index (κ2) is 11.6. The van der Waals surface area contributed by atoms with Crippen LogP contribution >= 0.6 is 12.4 Å². The Morgan fingerprint density at radius 2 is 1.96 bits per heavy atom. The fourth-order valence-corrected chi connectivity index (χ4v) is 3.74. The van der Waals surface area contributed by atoms with Gasteiger partial charge in [0.2, 0.25) is 5.91 Å². The molecule has 2 fully saturated rings. The number of nitrogens with one attached hydrogen (secondary N) is 1. The number of ether oxygens (including phenoxy) is 1. The van der Waals surface area contributed by atoms with E-state index >= 15 is 0 Å². The van der Waals surface area contributed by atoms with E-state index in [1.165, 1.54) is 11.1 Å². The van der Waals surface area contributed by atoms with Gasteiger partial charge in [0.1, 0.15) is 0 Å². The first kappa shape index (κ1) is 22.2. The third-order valence-corrected chi connectivity index (χ3v) is 5.43. The van der Waals surface area contributed by atoms with Gasteiger partial charge in [-0.05, 0) is 31.7 Å². The van der Waals surface area contributed by atoms with Gasteiger partial charge in [0.05, 0.1) is 6.10 Å². The normalized spacial score (nSPS) is 19.9. The van der Waals surface area contributed by atoms with Crippen LogP contribution in [-0.4, -0.2) is 74.2 Å². The molecule has 1 unspecified atom stereocenters. The summed E-state index contributed by atoms with van der Waals surface area (Å²) in [5, 5.41) is 3.30. The van der Waals surface area contributed by atoms with Gasteiger partial charge in [-0.3, -0.25) is 9.69 Å². The maximum atomic E-state index is 12.5. The highest BCUT2D eigenvalue weighted by molar-refractivity contribution is 5.85. The predicted molar refractivity (Wildman–Crippen MR) is 112 cm³/mol. The number of benzene rings is 1. The smallest absolute Gasteiger partial charge is 0.223 e. The summed E-state index contributed by atoms with van der Waals surface area (Å²) < 4.78 is 5.83. The van der Waals surface area contributed by atoms with E-state index in [2.05, 4.69) is 41.4 Å². The van der Waals surface area contributed by atoms with Crippen LogP contribution in [0.2, 0.25) is 0 Å².